The Balaban J connectivity index is 2.17. The minimum Gasteiger partial charge on any atom is -0.339 e. The van der Waals surface area contributed by atoms with Gasteiger partial charge >= 0.3 is 0 Å². The second-order valence-corrected chi connectivity index (χ2v) is 6.05. The van der Waals surface area contributed by atoms with Gasteiger partial charge in [-0.15, -0.1) is 0 Å². The summed E-state index contributed by atoms with van der Waals surface area (Å²) in [7, 11) is 1.60. The van der Waals surface area contributed by atoms with Gasteiger partial charge in [0.15, 0.2) is 11.6 Å². The monoisotopic (exact) mass is 357 g/mol. The van der Waals surface area contributed by atoms with Crippen molar-refractivity contribution in [2.24, 2.45) is 0 Å². The molecule has 1 atom stereocenters. The van der Waals surface area contributed by atoms with Crippen LogP contribution in [-0.2, 0) is 11.2 Å². The summed E-state index contributed by atoms with van der Waals surface area (Å²) in [4.78, 5) is 13.9. The summed E-state index contributed by atoms with van der Waals surface area (Å²) in [5.41, 5.74) is 1.05. The lowest BCUT2D eigenvalue weighted by Gasteiger charge is -2.26. The smallest absolute Gasteiger partial charge is 0.227 e. The van der Waals surface area contributed by atoms with Crippen LogP contribution >= 0.6 is 23.2 Å². The lowest BCUT2D eigenvalue weighted by molar-refractivity contribution is -0.131. The van der Waals surface area contributed by atoms with Gasteiger partial charge in [-0.3, -0.25) is 4.79 Å². The molecule has 0 spiro atoms. The third kappa shape index (κ3) is 4.01. The van der Waals surface area contributed by atoms with Crippen molar-refractivity contribution in [2.45, 2.75) is 19.4 Å². The largest absolute Gasteiger partial charge is 0.339 e. The van der Waals surface area contributed by atoms with Crippen molar-refractivity contribution in [1.82, 2.24) is 4.90 Å². The first kappa shape index (κ1) is 17.7. The van der Waals surface area contributed by atoms with Crippen LogP contribution in [0.1, 0.15) is 24.1 Å². The van der Waals surface area contributed by atoms with Gasteiger partial charge in [-0.05, 0) is 42.3 Å². The van der Waals surface area contributed by atoms with Crippen LogP contribution in [0.15, 0.2) is 36.4 Å². The third-order valence-electron chi connectivity index (χ3n) is 3.79. The van der Waals surface area contributed by atoms with Gasteiger partial charge in [-0.2, -0.15) is 0 Å². The Morgan fingerprint density at radius 1 is 1.13 bits per heavy atom. The molecule has 0 bridgehead atoms. The molecule has 0 fully saturated rings. The zero-order chi connectivity index (χ0) is 17.1. The molecule has 1 amide bonds. The van der Waals surface area contributed by atoms with Gasteiger partial charge in [-0.1, -0.05) is 35.3 Å². The van der Waals surface area contributed by atoms with Crippen LogP contribution in [0.5, 0.6) is 0 Å². The molecule has 23 heavy (non-hydrogen) atoms. The van der Waals surface area contributed by atoms with Crippen LogP contribution in [-0.4, -0.2) is 17.9 Å². The number of benzene rings is 2. The third-order valence-corrected chi connectivity index (χ3v) is 4.50. The summed E-state index contributed by atoms with van der Waals surface area (Å²) in [6.07, 6.45) is 0.0308. The minimum absolute atomic E-state index is 0.0308. The topological polar surface area (TPSA) is 20.3 Å². The van der Waals surface area contributed by atoms with E-state index in [0.717, 1.165) is 12.1 Å². The number of nitrogens with zero attached hydrogens (tertiary/aromatic N) is 1. The number of amides is 1. The summed E-state index contributed by atoms with van der Waals surface area (Å²) in [6, 6.07) is 8.20. The van der Waals surface area contributed by atoms with Gasteiger partial charge in [0, 0.05) is 17.1 Å². The molecule has 2 aromatic rings. The Kier molecular flexibility index (Phi) is 5.60. The molecule has 0 aliphatic heterocycles. The average molecular weight is 358 g/mol. The highest BCUT2D eigenvalue weighted by molar-refractivity contribution is 6.36. The molecule has 0 heterocycles. The SMILES string of the molecule is CC(c1ccc(F)c(F)c1)N(C)C(=O)Cc1c(Cl)cccc1Cl. The average Bonchev–Trinajstić information content (AvgIpc) is 2.52. The molecule has 0 aromatic heterocycles. The Labute approximate surface area is 143 Å². The van der Waals surface area contributed by atoms with Crippen LogP contribution in [0.3, 0.4) is 0 Å². The Morgan fingerprint density at radius 3 is 2.30 bits per heavy atom. The molecule has 2 rings (SSSR count). The number of halogens is 4. The minimum atomic E-state index is -0.940. The van der Waals surface area contributed by atoms with Gasteiger partial charge in [0.05, 0.1) is 12.5 Å². The number of hydrogen-bond acceptors (Lipinski definition) is 1. The van der Waals surface area contributed by atoms with Crippen LogP contribution in [0.4, 0.5) is 8.78 Å². The Bertz CT molecular complexity index is 716. The van der Waals surface area contributed by atoms with Crippen molar-refractivity contribution < 1.29 is 13.6 Å². The molecule has 6 heteroatoms. The first-order valence-electron chi connectivity index (χ1n) is 6.94. The fourth-order valence-electron chi connectivity index (χ4n) is 2.19. The summed E-state index contributed by atoms with van der Waals surface area (Å²) < 4.78 is 26.4. The zero-order valence-corrected chi connectivity index (χ0v) is 14.1. The second-order valence-electron chi connectivity index (χ2n) is 5.23. The van der Waals surface area contributed by atoms with Crippen LogP contribution in [0.25, 0.3) is 0 Å². The predicted octanol–water partition coefficient (Wildman–Crippen LogP) is 5.03. The maximum absolute atomic E-state index is 13.3. The molecule has 0 saturated carbocycles. The molecule has 0 saturated heterocycles. The molecule has 122 valence electrons. The summed E-state index contributed by atoms with van der Waals surface area (Å²) in [5.74, 6) is -2.08. The molecule has 0 radical (unpaired) electrons. The molecule has 2 nitrogen and oxygen atoms in total. The van der Waals surface area contributed by atoms with Crippen molar-refractivity contribution in [1.29, 1.82) is 0 Å². The quantitative estimate of drug-likeness (QED) is 0.750. The van der Waals surface area contributed by atoms with Gasteiger partial charge in [0.1, 0.15) is 0 Å². The highest BCUT2D eigenvalue weighted by Gasteiger charge is 2.20. The van der Waals surface area contributed by atoms with Gasteiger partial charge in [0.25, 0.3) is 0 Å². The van der Waals surface area contributed by atoms with Gasteiger partial charge in [0.2, 0.25) is 5.91 Å². The first-order chi connectivity index (χ1) is 10.8. The lowest BCUT2D eigenvalue weighted by atomic mass is 10.1. The summed E-state index contributed by atoms with van der Waals surface area (Å²) >= 11 is 12.1. The van der Waals surface area contributed by atoms with E-state index in [1.807, 2.05) is 0 Å². The lowest BCUT2D eigenvalue weighted by Crippen LogP contribution is -2.31. The van der Waals surface area contributed by atoms with E-state index >= 15 is 0 Å². The molecule has 2 aromatic carbocycles. The Hall–Kier alpha value is -1.65. The molecular formula is C17H15Cl2F2NO. The van der Waals surface area contributed by atoms with E-state index in [0.29, 0.717) is 21.2 Å². The highest BCUT2D eigenvalue weighted by Crippen LogP contribution is 2.27. The van der Waals surface area contributed by atoms with E-state index in [4.69, 9.17) is 23.2 Å². The second kappa shape index (κ2) is 7.28. The number of carbonyl (C=O) groups excluding carboxylic acids is 1. The van der Waals surface area contributed by atoms with Crippen molar-refractivity contribution in [3.8, 4) is 0 Å². The normalized spacial score (nSPS) is 12.1. The standard InChI is InChI=1S/C17H15Cl2F2NO/c1-10(11-6-7-15(20)16(21)8-11)22(2)17(23)9-12-13(18)4-3-5-14(12)19/h3-8,10H,9H2,1-2H3. The van der Waals surface area contributed by atoms with E-state index < -0.39 is 17.7 Å². The van der Waals surface area contributed by atoms with Gasteiger partial charge in [-0.25, -0.2) is 8.78 Å². The Morgan fingerprint density at radius 2 is 1.74 bits per heavy atom. The van der Waals surface area contributed by atoms with E-state index in [-0.39, 0.29) is 12.3 Å². The van der Waals surface area contributed by atoms with Crippen LogP contribution in [0, 0.1) is 11.6 Å². The fourth-order valence-corrected chi connectivity index (χ4v) is 2.72. The van der Waals surface area contributed by atoms with E-state index in [1.54, 1.807) is 32.2 Å². The summed E-state index contributed by atoms with van der Waals surface area (Å²) in [5, 5.41) is 0.833. The van der Waals surface area contributed by atoms with Crippen molar-refractivity contribution >= 4 is 29.1 Å². The zero-order valence-electron chi connectivity index (χ0n) is 12.6. The molecule has 0 N–H and O–H groups in total. The molecule has 1 unspecified atom stereocenters. The number of carbonyl (C=O) groups is 1. The molecule has 0 aliphatic carbocycles. The van der Waals surface area contributed by atoms with Gasteiger partial charge < -0.3 is 4.90 Å². The molecular weight excluding hydrogens is 343 g/mol. The first-order valence-corrected chi connectivity index (χ1v) is 7.70. The fraction of sp³-hybridized carbons (Fsp3) is 0.235. The predicted molar refractivity (Wildman–Crippen MR) is 87.7 cm³/mol. The van der Waals surface area contributed by atoms with Crippen molar-refractivity contribution in [3.63, 3.8) is 0 Å². The van der Waals surface area contributed by atoms with Crippen molar-refractivity contribution in [3.05, 3.63) is 69.2 Å². The van der Waals surface area contributed by atoms with Crippen LogP contribution in [0.2, 0.25) is 10.0 Å². The maximum Gasteiger partial charge on any atom is 0.227 e. The maximum atomic E-state index is 13.3. The highest BCUT2D eigenvalue weighted by atomic mass is 35.5. The number of likely N-dealkylation sites (N-methyl/N-ethyl adjacent to an activating group) is 1. The molecule has 0 aliphatic rings. The van der Waals surface area contributed by atoms with E-state index in [9.17, 15) is 13.6 Å². The number of hydrogen-bond donors (Lipinski definition) is 0. The van der Waals surface area contributed by atoms with E-state index in [1.165, 1.54) is 11.0 Å². The van der Waals surface area contributed by atoms with E-state index in [2.05, 4.69) is 0 Å². The van der Waals surface area contributed by atoms with Crippen molar-refractivity contribution in [2.75, 3.05) is 7.05 Å². The van der Waals surface area contributed by atoms with Crippen LogP contribution < -0.4 is 0 Å². The summed E-state index contributed by atoms with van der Waals surface area (Å²) in [6.45, 7) is 1.73. The number of rotatable bonds is 4.